The lowest BCUT2D eigenvalue weighted by atomic mass is 9.74. The molecule has 0 aromatic heterocycles. The molecule has 0 saturated carbocycles. The van der Waals surface area contributed by atoms with Crippen LogP contribution in [0.1, 0.15) is 110 Å². The summed E-state index contributed by atoms with van der Waals surface area (Å²) in [5, 5.41) is 26.3. The van der Waals surface area contributed by atoms with Crippen molar-refractivity contribution in [3.8, 4) is 34.5 Å². The van der Waals surface area contributed by atoms with Gasteiger partial charge in [-0.2, -0.15) is 0 Å². The number of hydrogen-bond acceptors (Lipinski definition) is 13. The van der Waals surface area contributed by atoms with E-state index in [9.17, 15) is 9.59 Å². The van der Waals surface area contributed by atoms with E-state index in [1.54, 1.807) is 0 Å². The number of nitrogens with one attached hydrogen (secondary N) is 4. The maximum Gasteiger partial charge on any atom is 0.412 e. The van der Waals surface area contributed by atoms with E-state index >= 15 is 14.4 Å². The summed E-state index contributed by atoms with van der Waals surface area (Å²) in [4.78, 5) is 83.6. The molecule has 4 N–H and O–H groups in total. The van der Waals surface area contributed by atoms with Gasteiger partial charge in [-0.25, -0.2) is 9.59 Å². The van der Waals surface area contributed by atoms with Gasteiger partial charge in [-0.05, 0) is 172 Å². The molecule has 0 atom stereocenters. The Hall–Kier alpha value is -13.7. The van der Waals surface area contributed by atoms with Gasteiger partial charge in [-0.1, -0.05) is 212 Å². The van der Waals surface area contributed by atoms with E-state index in [2.05, 4.69) is 215 Å². The zero-order chi connectivity index (χ0) is 81.7. The number of rotatable bonds is 19. The van der Waals surface area contributed by atoms with Gasteiger partial charge in [0.25, 0.3) is 17.7 Å². The van der Waals surface area contributed by atoms with E-state index in [1.165, 1.54) is 10.8 Å². The van der Waals surface area contributed by atoms with Crippen molar-refractivity contribution < 1.29 is 47.7 Å². The summed E-state index contributed by atoms with van der Waals surface area (Å²) < 4.78 is 34.3. The molecule has 5 aliphatic rings. The first-order valence-corrected chi connectivity index (χ1v) is 41.9. The summed E-state index contributed by atoms with van der Waals surface area (Å²) in [7, 11) is 0. The fourth-order valence-corrected chi connectivity index (χ4v) is 19.2. The number of anilines is 2. The second-order valence-corrected chi connectivity index (χ2v) is 31.6. The van der Waals surface area contributed by atoms with Gasteiger partial charge in [0.15, 0.2) is 13.2 Å². The molecule has 10 bridgehead atoms. The number of amides is 5. The van der Waals surface area contributed by atoms with Gasteiger partial charge >= 0.3 is 12.2 Å². The summed E-state index contributed by atoms with van der Waals surface area (Å²) in [6, 6.07) is 82.1. The van der Waals surface area contributed by atoms with Gasteiger partial charge in [0, 0.05) is 144 Å². The Morgan fingerprint density at radius 1 is 0.408 bits per heavy atom. The van der Waals surface area contributed by atoms with Gasteiger partial charge < -0.3 is 59.7 Å². The predicted octanol–water partition coefficient (Wildman–Crippen LogP) is 18.3. The van der Waals surface area contributed by atoms with Crippen molar-refractivity contribution in [3.63, 3.8) is 0 Å². The number of hydrogen-bond donors (Lipinski definition) is 4. The number of ether oxygens (including phenoxy) is 5. The summed E-state index contributed by atoms with van der Waals surface area (Å²) in [6.45, 7) is 12.8. The molecule has 20 rings (SSSR count). The SMILES string of the molecule is CCN(CC)c1ccc2c(c1)Oc1cc(N(CC)CC)ccc1C21c2ccccc2C(=O)N1CCN1CCNC(=O)Oc2c3cccc2Cc2cccc(c2OCC(=O)NCc2ccc4ccc5cccc6ccc2c4c56)Cc2cccc(c2OC(=O)NCC1)Cc1cccc(c1OCC(=O)NCc1ccc2ccc4cccc5ccc1c2c45)C3. The number of carbonyl (C=O) groups excluding carboxylic acids is 5. The van der Waals surface area contributed by atoms with Crippen LogP contribution >= 0.6 is 0 Å². The lowest BCUT2D eigenvalue weighted by molar-refractivity contribution is -0.124. The maximum absolute atomic E-state index is 15.7. The molecule has 18 nitrogen and oxygen atoms in total. The Balaban J connectivity index is 0.659. The van der Waals surface area contributed by atoms with E-state index in [0.29, 0.717) is 91.1 Å². The largest absolute Gasteiger partial charge is 0.483 e. The van der Waals surface area contributed by atoms with Crippen LogP contribution in [0.15, 0.2) is 243 Å². The van der Waals surface area contributed by atoms with E-state index < -0.39 is 17.7 Å². The van der Waals surface area contributed by atoms with Gasteiger partial charge in [-0.15, -0.1) is 0 Å². The Kier molecular flexibility index (Phi) is 20.5. The zero-order valence-electron chi connectivity index (χ0n) is 67.7. The molecule has 15 aromatic carbocycles. The quantitative estimate of drug-likeness (QED) is 0.0442. The second kappa shape index (κ2) is 32.3. The smallest absolute Gasteiger partial charge is 0.412 e. The molecular formula is C102H92N8O10. The fourth-order valence-electron chi connectivity index (χ4n) is 19.2. The Labute approximate surface area is 696 Å². The van der Waals surface area contributed by atoms with Crippen molar-refractivity contribution in [1.29, 1.82) is 0 Å². The average molecular weight is 1590 g/mol. The standard InChI is InChI=1S/C102H92N8O10/c1-5-108(6-2)79-41-45-85-87(57-79)118-88-58-80(109(7-3)8-4)42-46-86(88)102(85)84-30-10-9-29-83(84)99(113)110(102)52-51-107-49-47-103-100(114)119-97-73-25-15-27-75(97)55-71-23-14-24-72(96(71)117-62-90(112)106-60-78-38-36-68-34-32-64-18-12-20-66-40-44-82(78)94(68)92(64)66)56-76-28-16-26-74(98(76)120-101(115)104-48-50-107)54-70-22-13-21-69(53-73)95(70)116-61-89(111)105-59-77-37-35-67-33-31-63-17-11-19-65-39-43-81(77)93(67)91(63)65/h9-46,57-58H,5-8,47-56,59-62H2,1-4H3,(H,103,114)(H,104,115)(H,105,111)(H,106,112). The molecular weight excluding hydrogens is 1500 g/mol. The highest BCUT2D eigenvalue weighted by Crippen LogP contribution is 2.59. The number of nitrogens with zero attached hydrogens (tertiary/aromatic N) is 4. The van der Waals surface area contributed by atoms with Crippen LogP contribution in [0, 0.1) is 0 Å². The van der Waals surface area contributed by atoms with Crippen molar-refractivity contribution in [3.05, 3.63) is 321 Å². The highest BCUT2D eigenvalue weighted by molar-refractivity contribution is 6.25. The van der Waals surface area contributed by atoms with Crippen LogP contribution < -0.4 is 54.8 Å². The Bertz CT molecular complexity index is 6080. The number of carbonyl (C=O) groups is 5. The molecule has 0 saturated heterocycles. The van der Waals surface area contributed by atoms with Crippen molar-refractivity contribution >= 4 is 106 Å². The lowest BCUT2D eigenvalue weighted by Crippen LogP contribution is -2.51. The first-order chi connectivity index (χ1) is 58.8. The highest BCUT2D eigenvalue weighted by atomic mass is 16.6. The van der Waals surface area contributed by atoms with Crippen molar-refractivity contribution in [2.75, 3.05) is 88.5 Å². The lowest BCUT2D eigenvalue weighted by Gasteiger charge is -2.45. The van der Waals surface area contributed by atoms with Crippen molar-refractivity contribution in [2.24, 2.45) is 0 Å². The van der Waals surface area contributed by atoms with Gasteiger partial charge in [0.2, 0.25) is 0 Å². The molecule has 600 valence electrons. The molecule has 4 aliphatic heterocycles. The first-order valence-electron chi connectivity index (χ1n) is 41.9. The van der Waals surface area contributed by atoms with Crippen molar-refractivity contribution in [1.82, 2.24) is 31.1 Å². The molecule has 5 amide bonds. The van der Waals surface area contributed by atoms with Crippen LogP contribution in [0.5, 0.6) is 34.5 Å². The van der Waals surface area contributed by atoms with Gasteiger partial charge in [-0.3, -0.25) is 19.3 Å². The average Bonchev–Trinajstić information content (AvgIpc) is 1.50. The third-order valence-corrected chi connectivity index (χ3v) is 24.9. The van der Waals surface area contributed by atoms with Crippen LogP contribution in [-0.4, -0.2) is 118 Å². The minimum atomic E-state index is -1.12. The topological polar surface area (TPSA) is 193 Å². The van der Waals surface area contributed by atoms with Crippen LogP contribution in [0.4, 0.5) is 21.0 Å². The van der Waals surface area contributed by atoms with E-state index in [1.807, 2.05) is 95.9 Å². The zero-order valence-corrected chi connectivity index (χ0v) is 67.7. The molecule has 0 unspecified atom stereocenters. The van der Waals surface area contributed by atoms with E-state index in [0.717, 1.165) is 119 Å². The summed E-state index contributed by atoms with van der Waals surface area (Å²) in [6.07, 6.45) is -0.731. The van der Waals surface area contributed by atoms with E-state index in [-0.39, 0.29) is 102 Å². The minimum absolute atomic E-state index is 0.0935. The molecule has 15 aromatic rings. The number of fused-ring (bicyclic) bond motifs is 16. The number of para-hydroxylation sites is 4. The summed E-state index contributed by atoms with van der Waals surface area (Å²) >= 11 is 0. The first kappa shape index (κ1) is 76.3. The Morgan fingerprint density at radius 2 is 0.792 bits per heavy atom. The second-order valence-electron chi connectivity index (χ2n) is 31.6. The summed E-state index contributed by atoms with van der Waals surface area (Å²) in [5.41, 5.74) is 11.4. The highest BCUT2D eigenvalue weighted by Gasteiger charge is 2.56. The van der Waals surface area contributed by atoms with Crippen LogP contribution in [-0.2, 0) is 53.9 Å². The third-order valence-electron chi connectivity index (χ3n) is 24.9. The molecule has 0 radical (unpaired) electrons. The maximum atomic E-state index is 15.7. The normalized spacial score (nSPS) is 14.5. The molecule has 4 heterocycles. The van der Waals surface area contributed by atoms with E-state index in [4.69, 9.17) is 23.7 Å². The van der Waals surface area contributed by atoms with Gasteiger partial charge in [0.1, 0.15) is 40.0 Å². The molecule has 18 heteroatoms. The Morgan fingerprint density at radius 3 is 1.22 bits per heavy atom. The number of benzene rings is 15. The van der Waals surface area contributed by atoms with Crippen LogP contribution in [0.3, 0.4) is 0 Å². The molecule has 120 heavy (non-hydrogen) atoms. The predicted molar refractivity (Wildman–Crippen MR) is 474 cm³/mol. The van der Waals surface area contributed by atoms with Crippen LogP contribution in [0.25, 0.3) is 64.6 Å². The molecule has 1 aliphatic carbocycles. The fraction of sp³-hybridized carbons (Fsp3) is 0.225. The molecule has 1 spiro atoms. The monoisotopic (exact) mass is 1590 g/mol. The van der Waals surface area contributed by atoms with Crippen LogP contribution in [0.2, 0.25) is 0 Å². The molecule has 0 fully saturated rings. The third kappa shape index (κ3) is 14.0. The summed E-state index contributed by atoms with van der Waals surface area (Å²) in [5.74, 6) is 2.03. The van der Waals surface area contributed by atoms with Crippen molar-refractivity contribution in [2.45, 2.75) is 72.0 Å². The van der Waals surface area contributed by atoms with Gasteiger partial charge in [0.05, 0.1) is 0 Å². The minimum Gasteiger partial charge on any atom is -0.483 e.